The minimum atomic E-state index is 0.392. The number of hydrogen-bond acceptors (Lipinski definition) is 2. The molecule has 1 unspecified atom stereocenters. The molecule has 0 radical (unpaired) electrons. The molecule has 1 fully saturated rings. The van der Waals surface area contributed by atoms with Gasteiger partial charge in [0, 0.05) is 18.4 Å². The third kappa shape index (κ3) is 2.32. The van der Waals surface area contributed by atoms with Crippen LogP contribution >= 0.6 is 11.6 Å². The van der Waals surface area contributed by atoms with Crippen LogP contribution in [0.25, 0.3) is 0 Å². The number of hydrogen-bond donors (Lipinski definition) is 1. The minimum absolute atomic E-state index is 0.392. The highest BCUT2D eigenvalue weighted by molar-refractivity contribution is 6.31. The molecule has 0 aliphatic heterocycles. The van der Waals surface area contributed by atoms with Crippen molar-refractivity contribution < 1.29 is 0 Å². The Morgan fingerprint density at radius 3 is 2.80 bits per heavy atom. The highest BCUT2D eigenvalue weighted by Crippen LogP contribution is 2.37. The fourth-order valence-electron chi connectivity index (χ4n) is 2.57. The quantitative estimate of drug-likeness (QED) is 0.853. The van der Waals surface area contributed by atoms with Gasteiger partial charge in [-0.1, -0.05) is 24.4 Å². The summed E-state index contributed by atoms with van der Waals surface area (Å²) in [6.45, 7) is 0. The number of nitrogens with zero attached hydrogens (tertiary/aromatic N) is 1. The van der Waals surface area contributed by atoms with E-state index in [2.05, 4.69) is 10.3 Å². The van der Waals surface area contributed by atoms with E-state index >= 15 is 0 Å². The van der Waals surface area contributed by atoms with E-state index in [0.717, 1.165) is 10.9 Å². The number of halogens is 1. The molecule has 2 nitrogen and oxygen atoms in total. The third-order valence-corrected chi connectivity index (χ3v) is 3.64. The predicted octanol–water partition coefficient (Wildman–Crippen LogP) is 3.19. The van der Waals surface area contributed by atoms with Gasteiger partial charge in [0.2, 0.25) is 0 Å². The molecule has 1 saturated carbocycles. The van der Waals surface area contributed by atoms with Gasteiger partial charge in [-0.05, 0) is 37.4 Å². The van der Waals surface area contributed by atoms with Crippen LogP contribution in [0.2, 0.25) is 5.02 Å². The molecular formula is C12H17ClN2. The van der Waals surface area contributed by atoms with Crippen molar-refractivity contribution in [2.45, 2.75) is 31.7 Å². The van der Waals surface area contributed by atoms with Gasteiger partial charge in [0.1, 0.15) is 0 Å². The summed E-state index contributed by atoms with van der Waals surface area (Å²) >= 11 is 6.17. The Bertz CT molecular complexity index is 321. The zero-order valence-corrected chi connectivity index (χ0v) is 9.80. The lowest BCUT2D eigenvalue weighted by molar-refractivity contribution is 0.390. The summed E-state index contributed by atoms with van der Waals surface area (Å²) in [5, 5.41) is 4.17. The maximum absolute atomic E-state index is 6.17. The number of aromatic nitrogens is 1. The molecule has 1 aliphatic carbocycles. The zero-order chi connectivity index (χ0) is 10.7. The largest absolute Gasteiger partial charge is 0.313 e. The topological polar surface area (TPSA) is 24.9 Å². The molecule has 1 atom stereocenters. The van der Waals surface area contributed by atoms with Crippen LogP contribution in [-0.2, 0) is 0 Å². The maximum Gasteiger partial charge on any atom is 0.0637 e. The molecular weight excluding hydrogens is 208 g/mol. The first-order chi connectivity index (χ1) is 7.33. The van der Waals surface area contributed by atoms with Crippen molar-refractivity contribution in [2.75, 3.05) is 7.05 Å². The van der Waals surface area contributed by atoms with Crippen molar-refractivity contribution >= 4 is 11.6 Å². The Morgan fingerprint density at radius 1 is 1.47 bits per heavy atom. The highest BCUT2D eigenvalue weighted by Gasteiger charge is 2.26. The molecule has 0 spiro atoms. The zero-order valence-electron chi connectivity index (χ0n) is 9.04. The monoisotopic (exact) mass is 224 g/mol. The average molecular weight is 225 g/mol. The summed E-state index contributed by atoms with van der Waals surface area (Å²) in [4.78, 5) is 4.03. The van der Waals surface area contributed by atoms with E-state index in [0.29, 0.717) is 6.04 Å². The molecule has 1 aliphatic rings. The fraction of sp³-hybridized carbons (Fsp3) is 0.583. The van der Waals surface area contributed by atoms with Crippen LogP contribution in [0.5, 0.6) is 0 Å². The van der Waals surface area contributed by atoms with Gasteiger partial charge in [-0.15, -0.1) is 0 Å². The molecule has 3 heteroatoms. The molecule has 0 saturated heterocycles. The molecule has 1 aromatic rings. The van der Waals surface area contributed by atoms with Crippen LogP contribution in [0.3, 0.4) is 0 Å². The van der Waals surface area contributed by atoms with Gasteiger partial charge in [0.25, 0.3) is 0 Å². The molecule has 15 heavy (non-hydrogen) atoms. The van der Waals surface area contributed by atoms with Gasteiger partial charge < -0.3 is 5.32 Å². The molecule has 0 amide bonds. The average Bonchev–Trinajstić information content (AvgIpc) is 2.75. The normalized spacial score (nSPS) is 19.3. The summed E-state index contributed by atoms with van der Waals surface area (Å²) in [5.74, 6) is 0.731. The van der Waals surface area contributed by atoms with Crippen LogP contribution < -0.4 is 5.32 Å². The smallest absolute Gasteiger partial charge is 0.0637 e. The van der Waals surface area contributed by atoms with E-state index in [1.807, 2.05) is 19.3 Å². The first-order valence-electron chi connectivity index (χ1n) is 5.59. The lowest BCUT2D eigenvalue weighted by Gasteiger charge is -2.24. The van der Waals surface area contributed by atoms with Crippen molar-refractivity contribution in [3.63, 3.8) is 0 Å². The maximum atomic E-state index is 6.17. The van der Waals surface area contributed by atoms with Crippen LogP contribution in [0.15, 0.2) is 18.5 Å². The van der Waals surface area contributed by atoms with Crippen molar-refractivity contribution in [1.82, 2.24) is 10.3 Å². The van der Waals surface area contributed by atoms with Gasteiger partial charge >= 0.3 is 0 Å². The van der Waals surface area contributed by atoms with Crippen molar-refractivity contribution in [1.29, 1.82) is 0 Å². The first kappa shape index (κ1) is 10.9. The van der Waals surface area contributed by atoms with E-state index in [-0.39, 0.29) is 0 Å². The Balaban J connectivity index is 2.22. The second-order valence-corrected chi connectivity index (χ2v) is 4.62. The standard InChI is InChI=1S/C12H17ClN2/c1-14-12(9-4-2-3-5-9)10-6-7-15-8-11(10)13/h6-9,12,14H,2-5H2,1H3. The lowest BCUT2D eigenvalue weighted by Crippen LogP contribution is -2.23. The van der Waals surface area contributed by atoms with Crippen molar-refractivity contribution in [3.8, 4) is 0 Å². The Hall–Kier alpha value is -0.600. The Kier molecular flexibility index (Phi) is 3.60. The second kappa shape index (κ2) is 4.95. The van der Waals surface area contributed by atoms with E-state index in [1.54, 1.807) is 6.20 Å². The molecule has 2 rings (SSSR count). The summed E-state index contributed by atoms with van der Waals surface area (Å²) < 4.78 is 0. The molecule has 0 bridgehead atoms. The van der Waals surface area contributed by atoms with E-state index in [1.165, 1.54) is 31.2 Å². The van der Waals surface area contributed by atoms with Crippen LogP contribution in [-0.4, -0.2) is 12.0 Å². The number of pyridine rings is 1. The molecule has 82 valence electrons. The van der Waals surface area contributed by atoms with Crippen LogP contribution in [0, 0.1) is 5.92 Å². The van der Waals surface area contributed by atoms with Gasteiger partial charge in [-0.3, -0.25) is 4.98 Å². The number of nitrogens with one attached hydrogen (secondary N) is 1. The summed E-state index contributed by atoms with van der Waals surface area (Å²) in [6, 6.07) is 2.42. The first-order valence-corrected chi connectivity index (χ1v) is 5.97. The van der Waals surface area contributed by atoms with Crippen LogP contribution in [0.4, 0.5) is 0 Å². The molecule has 0 aromatic carbocycles. The van der Waals surface area contributed by atoms with E-state index in [4.69, 9.17) is 11.6 Å². The van der Waals surface area contributed by atoms with Gasteiger partial charge in [-0.25, -0.2) is 0 Å². The van der Waals surface area contributed by atoms with E-state index in [9.17, 15) is 0 Å². The second-order valence-electron chi connectivity index (χ2n) is 4.21. The highest BCUT2D eigenvalue weighted by atomic mass is 35.5. The van der Waals surface area contributed by atoms with Gasteiger partial charge in [0.05, 0.1) is 5.02 Å². The summed E-state index contributed by atoms with van der Waals surface area (Å²) in [5.41, 5.74) is 1.20. The molecule has 1 heterocycles. The Labute approximate surface area is 96.1 Å². The van der Waals surface area contributed by atoms with Crippen molar-refractivity contribution in [3.05, 3.63) is 29.0 Å². The summed E-state index contributed by atoms with van der Waals surface area (Å²) in [7, 11) is 2.01. The predicted molar refractivity (Wildman–Crippen MR) is 63.0 cm³/mol. The van der Waals surface area contributed by atoms with Crippen LogP contribution in [0.1, 0.15) is 37.3 Å². The summed E-state index contributed by atoms with van der Waals surface area (Å²) in [6.07, 6.45) is 8.88. The molecule has 1 N–H and O–H groups in total. The Morgan fingerprint density at radius 2 is 2.20 bits per heavy atom. The molecule has 1 aromatic heterocycles. The number of rotatable bonds is 3. The van der Waals surface area contributed by atoms with Gasteiger partial charge in [-0.2, -0.15) is 0 Å². The minimum Gasteiger partial charge on any atom is -0.313 e. The van der Waals surface area contributed by atoms with E-state index < -0.39 is 0 Å². The fourth-order valence-corrected chi connectivity index (χ4v) is 2.81. The third-order valence-electron chi connectivity index (χ3n) is 3.32. The SMILES string of the molecule is CNC(c1ccncc1Cl)C1CCCC1. The van der Waals surface area contributed by atoms with Crippen molar-refractivity contribution in [2.24, 2.45) is 5.92 Å². The van der Waals surface area contributed by atoms with Gasteiger partial charge in [0.15, 0.2) is 0 Å². The lowest BCUT2D eigenvalue weighted by atomic mass is 9.92.